The fourth-order valence-corrected chi connectivity index (χ4v) is 6.16. The average molecular weight is 300 g/mol. The van der Waals surface area contributed by atoms with E-state index in [1.807, 2.05) is 13.0 Å². The van der Waals surface area contributed by atoms with E-state index in [4.69, 9.17) is 0 Å². The van der Waals surface area contributed by atoms with Gasteiger partial charge in [-0.3, -0.25) is 14.4 Å². The zero-order valence-electron chi connectivity index (χ0n) is 13.5. The number of ketones is 3. The van der Waals surface area contributed by atoms with Crippen molar-refractivity contribution in [1.29, 1.82) is 0 Å². The molecule has 3 saturated carbocycles. The van der Waals surface area contributed by atoms with Crippen LogP contribution in [0.25, 0.3) is 0 Å². The van der Waals surface area contributed by atoms with Crippen LogP contribution in [0.15, 0.2) is 11.6 Å². The molecular weight excluding hydrogens is 276 g/mol. The fourth-order valence-electron chi connectivity index (χ4n) is 6.16. The first-order chi connectivity index (χ1) is 10.4. The zero-order chi connectivity index (χ0) is 15.7. The molecule has 5 atom stereocenters. The second-order valence-electron chi connectivity index (χ2n) is 8.36. The summed E-state index contributed by atoms with van der Waals surface area (Å²) in [5, 5.41) is 0. The Hall–Kier alpha value is -1.25. The third kappa shape index (κ3) is 1.65. The van der Waals surface area contributed by atoms with Gasteiger partial charge in [0.2, 0.25) is 0 Å². The Morgan fingerprint density at radius 3 is 2.55 bits per heavy atom. The molecule has 0 aromatic heterocycles. The van der Waals surface area contributed by atoms with Crippen molar-refractivity contribution in [3.8, 4) is 0 Å². The van der Waals surface area contributed by atoms with Crippen molar-refractivity contribution < 1.29 is 14.4 Å². The molecule has 118 valence electrons. The predicted octanol–water partition coefficient (Wildman–Crippen LogP) is 3.27. The summed E-state index contributed by atoms with van der Waals surface area (Å²) < 4.78 is 0. The van der Waals surface area contributed by atoms with Crippen molar-refractivity contribution in [2.45, 2.75) is 58.8 Å². The van der Waals surface area contributed by atoms with Gasteiger partial charge in [-0.25, -0.2) is 0 Å². The van der Waals surface area contributed by atoms with Crippen molar-refractivity contribution in [3.63, 3.8) is 0 Å². The number of rotatable bonds is 0. The molecule has 3 nitrogen and oxygen atoms in total. The van der Waals surface area contributed by atoms with E-state index in [0.29, 0.717) is 36.9 Å². The number of hydrogen-bond acceptors (Lipinski definition) is 3. The van der Waals surface area contributed by atoms with Crippen molar-refractivity contribution in [1.82, 2.24) is 0 Å². The van der Waals surface area contributed by atoms with Gasteiger partial charge in [-0.15, -0.1) is 0 Å². The number of hydrogen-bond donors (Lipinski definition) is 0. The molecular formula is C19H24O3. The molecule has 0 unspecified atom stereocenters. The molecule has 4 aliphatic carbocycles. The van der Waals surface area contributed by atoms with Crippen molar-refractivity contribution in [2.24, 2.45) is 28.6 Å². The third-order valence-electron chi connectivity index (χ3n) is 7.36. The normalized spacial score (nSPS) is 47.6. The van der Waals surface area contributed by atoms with Gasteiger partial charge < -0.3 is 0 Å². The van der Waals surface area contributed by atoms with Crippen molar-refractivity contribution >= 4 is 17.3 Å². The van der Waals surface area contributed by atoms with Crippen LogP contribution in [0.4, 0.5) is 0 Å². The van der Waals surface area contributed by atoms with E-state index >= 15 is 0 Å². The SMILES string of the molecule is C[C@@]12CC(=O)[C@H]3[C@H](CCC4=CC(=O)CC[C@]43C)[C@H]1CCC2=O. The molecule has 0 saturated heterocycles. The lowest BCUT2D eigenvalue weighted by atomic mass is 9.47. The summed E-state index contributed by atoms with van der Waals surface area (Å²) in [4.78, 5) is 37.1. The van der Waals surface area contributed by atoms with Crippen LogP contribution >= 0.6 is 0 Å². The van der Waals surface area contributed by atoms with E-state index in [0.717, 1.165) is 25.7 Å². The number of fused-ring (bicyclic) bond motifs is 5. The Bertz CT molecular complexity index is 616. The molecule has 22 heavy (non-hydrogen) atoms. The van der Waals surface area contributed by atoms with Crippen LogP contribution in [-0.4, -0.2) is 17.3 Å². The quantitative estimate of drug-likeness (QED) is 0.690. The number of carbonyl (C=O) groups is 3. The Balaban J connectivity index is 1.77. The summed E-state index contributed by atoms with van der Waals surface area (Å²) in [6, 6.07) is 0. The molecule has 0 aliphatic heterocycles. The molecule has 4 rings (SSSR count). The molecule has 0 heterocycles. The molecule has 0 aromatic carbocycles. The smallest absolute Gasteiger partial charge is 0.155 e. The van der Waals surface area contributed by atoms with Crippen LogP contribution in [0.3, 0.4) is 0 Å². The highest BCUT2D eigenvalue weighted by Gasteiger charge is 2.62. The van der Waals surface area contributed by atoms with Gasteiger partial charge in [0.1, 0.15) is 11.6 Å². The largest absolute Gasteiger partial charge is 0.299 e. The van der Waals surface area contributed by atoms with Gasteiger partial charge in [0.25, 0.3) is 0 Å². The number of carbonyl (C=O) groups excluding carboxylic acids is 3. The van der Waals surface area contributed by atoms with Crippen LogP contribution in [0.2, 0.25) is 0 Å². The van der Waals surface area contributed by atoms with Crippen LogP contribution in [-0.2, 0) is 14.4 Å². The lowest BCUT2D eigenvalue weighted by Crippen LogP contribution is -2.55. The molecule has 3 fully saturated rings. The van der Waals surface area contributed by atoms with E-state index in [9.17, 15) is 14.4 Å². The molecule has 0 N–H and O–H groups in total. The van der Waals surface area contributed by atoms with Gasteiger partial charge in [0, 0.05) is 30.6 Å². The van der Waals surface area contributed by atoms with E-state index in [1.165, 1.54) is 5.57 Å². The second-order valence-corrected chi connectivity index (χ2v) is 8.36. The Morgan fingerprint density at radius 1 is 1.00 bits per heavy atom. The number of allylic oxidation sites excluding steroid dienone is 1. The summed E-state index contributed by atoms with van der Waals surface area (Å²) in [5.41, 5.74) is 0.660. The lowest BCUT2D eigenvalue weighted by Gasteiger charge is -2.55. The van der Waals surface area contributed by atoms with Crippen molar-refractivity contribution in [2.75, 3.05) is 0 Å². The minimum absolute atomic E-state index is 0.0320. The van der Waals surface area contributed by atoms with E-state index < -0.39 is 5.41 Å². The average Bonchev–Trinajstić information content (AvgIpc) is 2.75. The Kier molecular flexibility index (Phi) is 2.87. The first-order valence-corrected chi connectivity index (χ1v) is 8.66. The highest BCUT2D eigenvalue weighted by Crippen LogP contribution is 2.63. The van der Waals surface area contributed by atoms with E-state index in [2.05, 4.69) is 6.92 Å². The highest BCUT2D eigenvalue weighted by atomic mass is 16.1. The number of Topliss-reactive ketones (excluding diaryl/α,β-unsaturated/α-hetero) is 2. The molecule has 0 amide bonds. The highest BCUT2D eigenvalue weighted by molar-refractivity contribution is 5.96. The Morgan fingerprint density at radius 2 is 1.77 bits per heavy atom. The maximum atomic E-state index is 13.0. The first kappa shape index (κ1) is 14.3. The molecule has 0 bridgehead atoms. The maximum Gasteiger partial charge on any atom is 0.155 e. The molecule has 3 heteroatoms. The molecule has 4 aliphatic rings. The summed E-state index contributed by atoms with van der Waals surface area (Å²) >= 11 is 0. The van der Waals surface area contributed by atoms with Crippen LogP contribution in [0, 0.1) is 28.6 Å². The minimum atomic E-state index is -0.402. The second kappa shape index (κ2) is 4.39. The topological polar surface area (TPSA) is 51.2 Å². The van der Waals surface area contributed by atoms with Crippen LogP contribution in [0.1, 0.15) is 58.8 Å². The maximum absolute atomic E-state index is 13.0. The van der Waals surface area contributed by atoms with Crippen molar-refractivity contribution in [3.05, 3.63) is 11.6 Å². The van der Waals surface area contributed by atoms with Gasteiger partial charge in [-0.1, -0.05) is 19.4 Å². The third-order valence-corrected chi connectivity index (χ3v) is 7.36. The van der Waals surface area contributed by atoms with E-state index in [1.54, 1.807) is 0 Å². The van der Waals surface area contributed by atoms with Gasteiger partial charge in [0.15, 0.2) is 5.78 Å². The summed E-state index contributed by atoms with van der Waals surface area (Å²) in [7, 11) is 0. The molecule has 0 aromatic rings. The lowest BCUT2D eigenvalue weighted by molar-refractivity contribution is -0.149. The van der Waals surface area contributed by atoms with Gasteiger partial charge >= 0.3 is 0 Å². The van der Waals surface area contributed by atoms with Gasteiger partial charge in [0.05, 0.1) is 0 Å². The summed E-state index contributed by atoms with van der Waals surface area (Å²) in [6.45, 7) is 4.22. The molecule has 0 spiro atoms. The Labute approximate surface area is 131 Å². The molecule has 0 radical (unpaired) electrons. The van der Waals surface area contributed by atoms with Crippen LogP contribution in [0.5, 0.6) is 0 Å². The fraction of sp³-hybridized carbons (Fsp3) is 0.737. The zero-order valence-corrected chi connectivity index (χ0v) is 13.5. The van der Waals surface area contributed by atoms with Gasteiger partial charge in [-0.05, 0) is 49.0 Å². The summed E-state index contributed by atoms with van der Waals surface area (Å²) in [5.74, 6) is 1.54. The predicted molar refractivity (Wildman–Crippen MR) is 82.1 cm³/mol. The summed E-state index contributed by atoms with van der Waals surface area (Å²) in [6.07, 6.45) is 7.12. The van der Waals surface area contributed by atoms with Gasteiger partial charge in [-0.2, -0.15) is 0 Å². The first-order valence-electron chi connectivity index (χ1n) is 8.66. The monoisotopic (exact) mass is 300 g/mol. The van der Waals surface area contributed by atoms with E-state index in [-0.39, 0.29) is 22.9 Å². The van der Waals surface area contributed by atoms with Crippen LogP contribution < -0.4 is 0 Å². The standard InChI is InChI=1S/C19H24O3/c1-18-8-7-12(20)9-11(18)3-4-13-14-5-6-16(22)19(14,2)10-15(21)17(13)18/h9,13-14,17H,3-8,10H2,1-2H3/t13-,14-,17-,18-,19-/m1/s1. The minimum Gasteiger partial charge on any atom is -0.299 e.